The molecule has 178 valence electrons. The molecule has 0 aliphatic carbocycles. The number of nitriles is 1. The van der Waals surface area contributed by atoms with Gasteiger partial charge in [-0.15, -0.1) is 0 Å². The van der Waals surface area contributed by atoms with Crippen molar-refractivity contribution in [1.82, 2.24) is 5.32 Å². The van der Waals surface area contributed by atoms with Crippen molar-refractivity contribution < 1.29 is 24.2 Å². The molecule has 1 amide bonds. The highest BCUT2D eigenvalue weighted by atomic mass is 35.5. The van der Waals surface area contributed by atoms with Gasteiger partial charge >= 0.3 is 5.97 Å². The quantitative estimate of drug-likeness (QED) is 0.306. The minimum Gasteiger partial charge on any atom is -0.493 e. The average molecular weight is 491 g/mol. The average Bonchev–Trinajstić information content (AvgIpc) is 2.86. The van der Waals surface area contributed by atoms with Crippen molar-refractivity contribution in [3.8, 4) is 17.6 Å². The van der Waals surface area contributed by atoms with E-state index < -0.39 is 11.9 Å². The van der Waals surface area contributed by atoms with Crippen LogP contribution in [0.3, 0.4) is 0 Å². The summed E-state index contributed by atoms with van der Waals surface area (Å²) in [5.74, 6) is -0.993. The topological polar surface area (TPSA) is 109 Å². The number of rotatable bonds is 9. The smallest absolute Gasteiger partial charge is 0.335 e. The fourth-order valence-electron chi connectivity index (χ4n) is 3.33. The number of benzene rings is 3. The Kier molecular flexibility index (Phi) is 8.49. The van der Waals surface area contributed by atoms with Gasteiger partial charge in [-0.25, -0.2) is 4.79 Å². The van der Waals surface area contributed by atoms with Gasteiger partial charge in [0.1, 0.15) is 18.2 Å². The summed E-state index contributed by atoms with van der Waals surface area (Å²) in [7, 11) is 1.44. The first-order chi connectivity index (χ1) is 16.8. The minimum atomic E-state index is -1.03. The van der Waals surface area contributed by atoms with E-state index in [9.17, 15) is 14.9 Å². The van der Waals surface area contributed by atoms with Crippen LogP contribution < -0.4 is 14.8 Å². The summed E-state index contributed by atoms with van der Waals surface area (Å²) in [5, 5.41) is 21.7. The van der Waals surface area contributed by atoms with E-state index in [1.807, 2.05) is 43.3 Å². The van der Waals surface area contributed by atoms with Crippen molar-refractivity contribution in [1.29, 1.82) is 5.26 Å². The van der Waals surface area contributed by atoms with Crippen LogP contribution in [0, 0.1) is 11.3 Å². The number of aromatic carboxylic acids is 1. The van der Waals surface area contributed by atoms with E-state index in [4.69, 9.17) is 26.2 Å². The van der Waals surface area contributed by atoms with E-state index in [1.54, 1.807) is 24.3 Å². The molecule has 0 fully saturated rings. The van der Waals surface area contributed by atoms with E-state index in [1.165, 1.54) is 25.3 Å². The van der Waals surface area contributed by atoms with Gasteiger partial charge in [-0.1, -0.05) is 54.1 Å². The predicted octanol–water partition coefficient (Wildman–Crippen LogP) is 5.41. The summed E-state index contributed by atoms with van der Waals surface area (Å²) in [6.45, 7) is 1.90. The van der Waals surface area contributed by atoms with Crippen LogP contribution >= 0.6 is 11.6 Å². The Balaban J connectivity index is 1.79. The molecule has 0 saturated heterocycles. The maximum Gasteiger partial charge on any atom is 0.335 e. The number of amides is 1. The molecule has 0 saturated carbocycles. The molecule has 3 aromatic carbocycles. The first-order valence-electron chi connectivity index (χ1n) is 10.6. The molecule has 0 aromatic heterocycles. The standard InChI is InChI=1S/C27H23ClN2O5/c1-17(20-8-4-3-5-9-20)30-26(31)22(15-29)12-19-13-23(28)25(24(14-19)34-2)35-16-18-7-6-10-21(11-18)27(32)33/h3-14,17H,16H2,1-2H3,(H,30,31)(H,32,33)/b22-12-/t17-/m1/s1. The van der Waals surface area contributed by atoms with Crippen LogP contribution in [0.2, 0.25) is 5.02 Å². The number of carboxylic acid groups (broad SMARTS) is 1. The van der Waals surface area contributed by atoms with Crippen LogP contribution in [0.5, 0.6) is 11.5 Å². The second-order valence-corrected chi connectivity index (χ2v) is 8.01. The van der Waals surface area contributed by atoms with Crippen molar-refractivity contribution in [2.45, 2.75) is 19.6 Å². The molecule has 3 aromatic rings. The Morgan fingerprint density at radius 2 is 1.89 bits per heavy atom. The molecule has 7 nitrogen and oxygen atoms in total. The van der Waals surface area contributed by atoms with Gasteiger partial charge in [0.2, 0.25) is 0 Å². The summed E-state index contributed by atoms with van der Waals surface area (Å²) in [6.07, 6.45) is 1.42. The molecule has 0 heterocycles. The lowest BCUT2D eigenvalue weighted by molar-refractivity contribution is -0.117. The van der Waals surface area contributed by atoms with E-state index in [0.29, 0.717) is 16.9 Å². The van der Waals surface area contributed by atoms with Gasteiger partial charge in [-0.2, -0.15) is 5.26 Å². The summed E-state index contributed by atoms with van der Waals surface area (Å²) in [6, 6.07) is 20.6. The van der Waals surface area contributed by atoms with Crippen LogP contribution in [-0.2, 0) is 11.4 Å². The highest BCUT2D eigenvalue weighted by molar-refractivity contribution is 6.32. The van der Waals surface area contributed by atoms with Crippen LogP contribution in [-0.4, -0.2) is 24.1 Å². The van der Waals surface area contributed by atoms with Gasteiger partial charge < -0.3 is 19.9 Å². The lowest BCUT2D eigenvalue weighted by Gasteiger charge is -2.15. The number of carbonyl (C=O) groups excluding carboxylic acids is 1. The Bertz CT molecular complexity index is 1300. The zero-order valence-corrected chi connectivity index (χ0v) is 19.9. The predicted molar refractivity (Wildman–Crippen MR) is 132 cm³/mol. The van der Waals surface area contributed by atoms with Crippen LogP contribution in [0.25, 0.3) is 6.08 Å². The van der Waals surface area contributed by atoms with E-state index in [0.717, 1.165) is 5.56 Å². The second-order valence-electron chi connectivity index (χ2n) is 7.60. The number of carboxylic acids is 1. The Morgan fingerprint density at radius 1 is 1.14 bits per heavy atom. The van der Waals surface area contributed by atoms with Crippen LogP contribution in [0.4, 0.5) is 0 Å². The molecule has 0 unspecified atom stereocenters. The van der Waals surface area contributed by atoms with E-state index in [-0.39, 0.29) is 34.6 Å². The molecular formula is C27H23ClN2O5. The van der Waals surface area contributed by atoms with Crippen molar-refractivity contribution in [3.05, 3.63) is 99.6 Å². The molecule has 0 aliphatic heterocycles. The fraction of sp³-hybridized carbons (Fsp3) is 0.148. The highest BCUT2D eigenvalue weighted by Gasteiger charge is 2.16. The first-order valence-corrected chi connectivity index (χ1v) is 11.0. The number of methoxy groups -OCH3 is 1. The normalized spacial score (nSPS) is 11.8. The molecule has 0 radical (unpaired) electrons. The SMILES string of the molecule is COc1cc(/C=C(/C#N)C(=O)N[C@H](C)c2ccccc2)cc(Cl)c1OCc1cccc(C(=O)O)c1. The molecule has 1 atom stereocenters. The van der Waals surface area contributed by atoms with Crippen molar-refractivity contribution in [3.63, 3.8) is 0 Å². The summed E-state index contributed by atoms with van der Waals surface area (Å²) in [4.78, 5) is 23.8. The molecule has 3 rings (SSSR count). The second kappa shape index (κ2) is 11.7. The lowest BCUT2D eigenvalue weighted by Crippen LogP contribution is -2.27. The van der Waals surface area contributed by atoms with Gasteiger partial charge in [0.15, 0.2) is 11.5 Å². The number of hydrogen-bond acceptors (Lipinski definition) is 5. The van der Waals surface area contributed by atoms with Gasteiger partial charge in [0, 0.05) is 0 Å². The third kappa shape index (κ3) is 6.62. The minimum absolute atomic E-state index is 0.0651. The Morgan fingerprint density at radius 3 is 2.54 bits per heavy atom. The maximum absolute atomic E-state index is 12.7. The first kappa shape index (κ1) is 25.3. The van der Waals surface area contributed by atoms with Crippen LogP contribution in [0.1, 0.15) is 40.0 Å². The third-order valence-electron chi connectivity index (χ3n) is 5.13. The van der Waals surface area contributed by atoms with Crippen molar-refractivity contribution in [2.75, 3.05) is 7.11 Å². The van der Waals surface area contributed by atoms with Gasteiger partial charge in [0.25, 0.3) is 5.91 Å². The molecule has 0 aliphatic rings. The van der Waals surface area contributed by atoms with Gasteiger partial charge in [-0.05, 0) is 54.0 Å². The largest absolute Gasteiger partial charge is 0.493 e. The van der Waals surface area contributed by atoms with E-state index >= 15 is 0 Å². The molecule has 2 N–H and O–H groups in total. The Hall–Kier alpha value is -4.28. The zero-order valence-electron chi connectivity index (χ0n) is 19.1. The number of carbonyl (C=O) groups is 2. The van der Waals surface area contributed by atoms with E-state index in [2.05, 4.69) is 5.32 Å². The number of ether oxygens (including phenoxy) is 2. The molecule has 35 heavy (non-hydrogen) atoms. The summed E-state index contributed by atoms with van der Waals surface area (Å²) in [5.41, 5.74) is 2.09. The monoisotopic (exact) mass is 490 g/mol. The number of halogens is 1. The van der Waals surface area contributed by atoms with Gasteiger partial charge in [-0.3, -0.25) is 4.79 Å². The van der Waals surface area contributed by atoms with Crippen molar-refractivity contribution >= 4 is 29.6 Å². The Labute approximate surface area is 208 Å². The van der Waals surface area contributed by atoms with Crippen LogP contribution in [0.15, 0.2) is 72.3 Å². The third-order valence-corrected chi connectivity index (χ3v) is 5.41. The number of hydrogen-bond donors (Lipinski definition) is 2. The molecule has 8 heteroatoms. The molecule has 0 bridgehead atoms. The summed E-state index contributed by atoms with van der Waals surface area (Å²) >= 11 is 6.42. The highest BCUT2D eigenvalue weighted by Crippen LogP contribution is 2.37. The van der Waals surface area contributed by atoms with Gasteiger partial charge in [0.05, 0.1) is 23.7 Å². The maximum atomic E-state index is 12.7. The number of nitrogens with zero attached hydrogens (tertiary/aromatic N) is 1. The number of nitrogens with one attached hydrogen (secondary N) is 1. The lowest BCUT2D eigenvalue weighted by atomic mass is 10.1. The molecular weight excluding hydrogens is 468 g/mol. The van der Waals surface area contributed by atoms with Crippen molar-refractivity contribution in [2.24, 2.45) is 0 Å². The zero-order chi connectivity index (χ0) is 25.4. The molecule has 0 spiro atoms. The summed E-state index contributed by atoms with van der Waals surface area (Å²) < 4.78 is 11.2. The fourth-order valence-corrected chi connectivity index (χ4v) is 3.60.